The molecule has 0 aromatic heterocycles. The summed E-state index contributed by atoms with van der Waals surface area (Å²) in [5, 5.41) is 3.43. The fraction of sp³-hybridized carbons (Fsp3) is 0.455. The lowest BCUT2D eigenvalue weighted by molar-refractivity contribution is 0.570. The smallest absolute Gasteiger partial charge is 0.0210 e. The second-order valence-electron chi connectivity index (χ2n) is 3.76. The summed E-state index contributed by atoms with van der Waals surface area (Å²) in [6.45, 7) is 4.57. The first-order valence-corrected chi connectivity index (χ1v) is 5.53. The molecule has 1 N–H and O–H groups in total. The highest BCUT2D eigenvalue weighted by Gasteiger charge is 2.25. The summed E-state index contributed by atoms with van der Waals surface area (Å²) >= 11 is 3.61. The van der Waals surface area contributed by atoms with Crippen LogP contribution in [-0.4, -0.2) is 13.1 Å². The average Bonchev–Trinajstić information content (AvgIpc) is 2.52. The van der Waals surface area contributed by atoms with Crippen LogP contribution in [0.2, 0.25) is 0 Å². The molecule has 1 aliphatic heterocycles. The molecule has 2 heteroatoms. The van der Waals surface area contributed by atoms with Gasteiger partial charge in [0.05, 0.1) is 0 Å². The summed E-state index contributed by atoms with van der Waals surface area (Å²) in [5.74, 6) is 1.43. The van der Waals surface area contributed by atoms with Crippen LogP contribution >= 0.6 is 15.9 Å². The third kappa shape index (κ3) is 1.79. The van der Waals surface area contributed by atoms with Crippen molar-refractivity contribution in [3.8, 4) is 0 Å². The maximum absolute atomic E-state index is 3.61. The number of hydrogen-bond donors (Lipinski definition) is 1. The Labute approximate surface area is 87.7 Å². The molecule has 0 unspecified atom stereocenters. The predicted molar refractivity (Wildman–Crippen MR) is 58.9 cm³/mol. The summed E-state index contributed by atoms with van der Waals surface area (Å²) in [5.41, 5.74) is 1.44. The maximum atomic E-state index is 3.61. The molecule has 1 heterocycles. The predicted octanol–water partition coefficient (Wildman–Crippen LogP) is 2.77. The van der Waals surface area contributed by atoms with E-state index in [0.717, 1.165) is 19.0 Å². The monoisotopic (exact) mass is 239 g/mol. The van der Waals surface area contributed by atoms with Gasteiger partial charge < -0.3 is 5.32 Å². The molecule has 70 valence electrons. The Morgan fingerprint density at radius 1 is 1.31 bits per heavy atom. The van der Waals surface area contributed by atoms with Crippen LogP contribution in [-0.2, 0) is 0 Å². The van der Waals surface area contributed by atoms with Crippen molar-refractivity contribution in [1.29, 1.82) is 0 Å². The summed E-state index contributed by atoms with van der Waals surface area (Å²) in [6, 6.07) is 8.53. The lowest BCUT2D eigenvalue weighted by atomic mass is 9.90. The van der Waals surface area contributed by atoms with E-state index in [1.54, 1.807) is 0 Å². The summed E-state index contributed by atoms with van der Waals surface area (Å²) in [7, 11) is 0. The zero-order valence-corrected chi connectivity index (χ0v) is 9.34. The van der Waals surface area contributed by atoms with Crippen molar-refractivity contribution in [2.45, 2.75) is 12.8 Å². The molecule has 0 spiro atoms. The zero-order valence-electron chi connectivity index (χ0n) is 7.76. The fourth-order valence-electron chi connectivity index (χ4n) is 2.00. The van der Waals surface area contributed by atoms with Gasteiger partial charge in [0.2, 0.25) is 0 Å². The van der Waals surface area contributed by atoms with Crippen LogP contribution in [0.1, 0.15) is 18.4 Å². The van der Waals surface area contributed by atoms with Crippen LogP contribution in [0.15, 0.2) is 28.7 Å². The van der Waals surface area contributed by atoms with Gasteiger partial charge in [-0.05, 0) is 24.1 Å². The molecule has 13 heavy (non-hydrogen) atoms. The van der Waals surface area contributed by atoms with Crippen LogP contribution < -0.4 is 5.32 Å². The van der Waals surface area contributed by atoms with Gasteiger partial charge in [-0.3, -0.25) is 0 Å². The summed E-state index contributed by atoms with van der Waals surface area (Å²) < 4.78 is 1.25. The molecule has 1 aliphatic rings. The van der Waals surface area contributed by atoms with Crippen LogP contribution in [0.3, 0.4) is 0 Å². The van der Waals surface area contributed by atoms with Crippen molar-refractivity contribution in [3.05, 3.63) is 34.3 Å². The Bertz CT molecular complexity index is 298. The topological polar surface area (TPSA) is 12.0 Å². The summed E-state index contributed by atoms with van der Waals surface area (Å²) in [6.07, 6.45) is 0. The Balaban J connectivity index is 2.29. The standard InChI is InChI=1S/C11H14BrN/c1-8-6-13-7-10(8)9-4-2-3-5-11(9)12/h2-5,8,10,13H,6-7H2,1H3/t8-,10-/m0/s1. The van der Waals surface area contributed by atoms with Gasteiger partial charge in [-0.2, -0.15) is 0 Å². The molecule has 1 aromatic rings. The van der Waals surface area contributed by atoms with Gasteiger partial charge >= 0.3 is 0 Å². The second kappa shape index (κ2) is 3.81. The average molecular weight is 240 g/mol. The van der Waals surface area contributed by atoms with Gasteiger partial charge in [0, 0.05) is 16.9 Å². The van der Waals surface area contributed by atoms with E-state index in [4.69, 9.17) is 0 Å². The molecule has 1 fully saturated rings. The van der Waals surface area contributed by atoms with Gasteiger partial charge in [-0.25, -0.2) is 0 Å². The zero-order chi connectivity index (χ0) is 9.26. The van der Waals surface area contributed by atoms with Crippen LogP contribution in [0, 0.1) is 5.92 Å². The minimum Gasteiger partial charge on any atom is -0.316 e. The van der Waals surface area contributed by atoms with Crippen LogP contribution in [0.5, 0.6) is 0 Å². The number of rotatable bonds is 1. The molecule has 1 nitrogen and oxygen atoms in total. The van der Waals surface area contributed by atoms with Gasteiger partial charge in [0.25, 0.3) is 0 Å². The molecule has 1 saturated heterocycles. The molecule has 2 atom stereocenters. The SMILES string of the molecule is C[C@H]1CNC[C@@H]1c1ccccc1Br. The summed E-state index contributed by atoms with van der Waals surface area (Å²) in [4.78, 5) is 0. The largest absolute Gasteiger partial charge is 0.316 e. The number of hydrogen-bond acceptors (Lipinski definition) is 1. The van der Waals surface area contributed by atoms with E-state index in [0.29, 0.717) is 5.92 Å². The lowest BCUT2D eigenvalue weighted by Crippen LogP contribution is -2.08. The van der Waals surface area contributed by atoms with E-state index in [1.165, 1.54) is 10.0 Å². The lowest BCUT2D eigenvalue weighted by Gasteiger charge is -2.15. The molecule has 0 bridgehead atoms. The van der Waals surface area contributed by atoms with E-state index >= 15 is 0 Å². The Morgan fingerprint density at radius 2 is 2.08 bits per heavy atom. The number of nitrogens with one attached hydrogen (secondary N) is 1. The van der Waals surface area contributed by atoms with E-state index in [1.807, 2.05) is 0 Å². The van der Waals surface area contributed by atoms with E-state index < -0.39 is 0 Å². The van der Waals surface area contributed by atoms with E-state index in [-0.39, 0.29) is 0 Å². The Morgan fingerprint density at radius 3 is 2.69 bits per heavy atom. The fourth-order valence-corrected chi connectivity index (χ4v) is 2.58. The highest BCUT2D eigenvalue weighted by atomic mass is 79.9. The Kier molecular flexibility index (Phi) is 2.70. The van der Waals surface area contributed by atoms with E-state index in [2.05, 4.69) is 52.4 Å². The third-order valence-corrected chi connectivity index (χ3v) is 3.54. The van der Waals surface area contributed by atoms with Crippen molar-refractivity contribution in [2.24, 2.45) is 5.92 Å². The number of benzene rings is 1. The first kappa shape index (κ1) is 9.22. The van der Waals surface area contributed by atoms with Crippen molar-refractivity contribution < 1.29 is 0 Å². The molecule has 0 radical (unpaired) electrons. The van der Waals surface area contributed by atoms with Crippen LogP contribution in [0.25, 0.3) is 0 Å². The van der Waals surface area contributed by atoms with Crippen molar-refractivity contribution in [1.82, 2.24) is 5.32 Å². The highest BCUT2D eigenvalue weighted by Crippen LogP contribution is 2.32. The maximum Gasteiger partial charge on any atom is 0.0210 e. The Hall–Kier alpha value is -0.340. The minimum absolute atomic E-state index is 0.676. The van der Waals surface area contributed by atoms with Crippen LogP contribution in [0.4, 0.5) is 0 Å². The van der Waals surface area contributed by atoms with Gasteiger partial charge in [0.1, 0.15) is 0 Å². The number of halogens is 1. The molecule has 1 aromatic carbocycles. The van der Waals surface area contributed by atoms with Crippen molar-refractivity contribution in [2.75, 3.05) is 13.1 Å². The molecule has 0 aliphatic carbocycles. The second-order valence-corrected chi connectivity index (χ2v) is 4.62. The van der Waals surface area contributed by atoms with Gasteiger partial charge in [-0.1, -0.05) is 41.1 Å². The van der Waals surface area contributed by atoms with Gasteiger partial charge in [0.15, 0.2) is 0 Å². The molecule has 0 amide bonds. The first-order valence-electron chi connectivity index (χ1n) is 4.74. The highest BCUT2D eigenvalue weighted by molar-refractivity contribution is 9.10. The quantitative estimate of drug-likeness (QED) is 0.795. The third-order valence-electron chi connectivity index (χ3n) is 2.82. The van der Waals surface area contributed by atoms with Crippen molar-refractivity contribution >= 4 is 15.9 Å². The minimum atomic E-state index is 0.676. The molecular formula is C11H14BrN. The van der Waals surface area contributed by atoms with E-state index in [9.17, 15) is 0 Å². The molecule has 2 rings (SSSR count). The first-order chi connectivity index (χ1) is 6.29. The molecule has 0 saturated carbocycles. The van der Waals surface area contributed by atoms with Crippen molar-refractivity contribution in [3.63, 3.8) is 0 Å². The molecular weight excluding hydrogens is 226 g/mol. The van der Waals surface area contributed by atoms with Gasteiger partial charge in [-0.15, -0.1) is 0 Å². The normalized spacial score (nSPS) is 27.8.